The second-order valence-corrected chi connectivity index (χ2v) is 5.67. The Labute approximate surface area is 134 Å². The van der Waals surface area contributed by atoms with Gasteiger partial charge in [0.1, 0.15) is 0 Å². The highest BCUT2D eigenvalue weighted by Crippen LogP contribution is 2.17. The van der Waals surface area contributed by atoms with Crippen LogP contribution in [0.5, 0.6) is 5.88 Å². The Morgan fingerprint density at radius 3 is 2.96 bits per heavy atom. The van der Waals surface area contributed by atoms with Crippen LogP contribution >= 0.6 is 0 Å². The van der Waals surface area contributed by atoms with E-state index in [2.05, 4.69) is 10.3 Å². The van der Waals surface area contributed by atoms with E-state index in [1.165, 1.54) is 18.3 Å². The van der Waals surface area contributed by atoms with Crippen LogP contribution in [0.4, 0.5) is 8.78 Å². The second-order valence-electron chi connectivity index (χ2n) is 5.67. The number of aromatic nitrogens is 1. The lowest BCUT2D eigenvalue weighted by Gasteiger charge is -2.16. The first-order valence-electron chi connectivity index (χ1n) is 7.84. The Kier molecular flexibility index (Phi) is 6.70. The Balaban J connectivity index is 1.75. The lowest BCUT2D eigenvalue weighted by Crippen LogP contribution is -2.33. The van der Waals surface area contributed by atoms with E-state index in [-0.39, 0.29) is 17.8 Å². The molecule has 7 heteroatoms. The number of hydrogen-bond acceptors (Lipinski definition) is 4. The van der Waals surface area contributed by atoms with Crippen LogP contribution in [0.1, 0.15) is 43.0 Å². The van der Waals surface area contributed by atoms with Gasteiger partial charge in [0, 0.05) is 24.9 Å². The highest BCUT2D eigenvalue weighted by Gasteiger charge is 2.17. The molecule has 1 aliphatic heterocycles. The smallest absolute Gasteiger partial charge is 0.272 e. The number of hydrogen-bond donors (Lipinski definition) is 1. The average Bonchev–Trinajstić information content (AvgIpc) is 3.05. The van der Waals surface area contributed by atoms with E-state index >= 15 is 0 Å². The standard InChI is InChI=1S/C16H22F2N2O3/c1-11(4-6-13-3-2-8-22-13)20-16(21)12-5-7-15(19-9-12)23-10-14(17)18/h5,7,9,11,13-14H,2-4,6,8,10H2,1H3,(H,20,21)/t11-,13-/m1/s1. The van der Waals surface area contributed by atoms with E-state index < -0.39 is 13.0 Å². The SMILES string of the molecule is C[C@H](CC[C@H]1CCCO1)NC(=O)c1ccc(OCC(F)F)nc1. The number of rotatable bonds is 8. The third kappa shape index (κ3) is 6.09. The van der Waals surface area contributed by atoms with Crippen LogP contribution in [0.25, 0.3) is 0 Å². The van der Waals surface area contributed by atoms with Crippen molar-refractivity contribution in [3.05, 3.63) is 23.9 Å². The summed E-state index contributed by atoms with van der Waals surface area (Å²) < 4.78 is 34.4. The molecule has 1 amide bonds. The van der Waals surface area contributed by atoms with E-state index in [4.69, 9.17) is 9.47 Å². The third-order valence-electron chi connectivity index (χ3n) is 3.68. The third-order valence-corrected chi connectivity index (χ3v) is 3.68. The van der Waals surface area contributed by atoms with Gasteiger partial charge in [0.05, 0.1) is 11.7 Å². The summed E-state index contributed by atoms with van der Waals surface area (Å²) in [6, 6.07) is 2.95. The maximum Gasteiger partial charge on any atom is 0.272 e. The molecule has 0 aliphatic carbocycles. The van der Waals surface area contributed by atoms with E-state index in [0.717, 1.165) is 32.3 Å². The predicted molar refractivity (Wildman–Crippen MR) is 80.9 cm³/mol. The molecule has 1 fully saturated rings. The highest BCUT2D eigenvalue weighted by molar-refractivity contribution is 5.94. The van der Waals surface area contributed by atoms with Gasteiger partial charge in [0.25, 0.3) is 12.3 Å². The number of alkyl halides is 2. The molecule has 1 N–H and O–H groups in total. The number of carbonyl (C=O) groups is 1. The number of nitrogens with one attached hydrogen (secondary N) is 1. The number of halogens is 2. The van der Waals surface area contributed by atoms with Crippen molar-refractivity contribution in [3.8, 4) is 5.88 Å². The summed E-state index contributed by atoms with van der Waals surface area (Å²) in [7, 11) is 0. The minimum absolute atomic E-state index is 0.0291. The summed E-state index contributed by atoms with van der Waals surface area (Å²) in [5.74, 6) is -0.161. The average molecular weight is 328 g/mol. The zero-order chi connectivity index (χ0) is 16.7. The quantitative estimate of drug-likeness (QED) is 0.797. The molecule has 5 nitrogen and oxygen atoms in total. The van der Waals surface area contributed by atoms with Gasteiger partial charge in [-0.25, -0.2) is 13.8 Å². The molecule has 128 valence electrons. The van der Waals surface area contributed by atoms with E-state index in [9.17, 15) is 13.6 Å². The van der Waals surface area contributed by atoms with Crippen molar-refractivity contribution in [2.45, 2.75) is 51.2 Å². The van der Waals surface area contributed by atoms with Crippen molar-refractivity contribution in [2.24, 2.45) is 0 Å². The maximum atomic E-state index is 12.1. The molecule has 0 radical (unpaired) electrons. The van der Waals surface area contributed by atoms with Gasteiger partial charge in [-0.15, -0.1) is 0 Å². The van der Waals surface area contributed by atoms with Crippen LogP contribution < -0.4 is 10.1 Å². The molecular weight excluding hydrogens is 306 g/mol. The molecule has 1 aromatic rings. The van der Waals surface area contributed by atoms with Crippen LogP contribution in [0.15, 0.2) is 18.3 Å². The molecule has 0 spiro atoms. The van der Waals surface area contributed by atoms with E-state index in [1.807, 2.05) is 6.92 Å². The topological polar surface area (TPSA) is 60.5 Å². The fourth-order valence-corrected chi connectivity index (χ4v) is 2.44. The normalized spacial score (nSPS) is 18.9. The van der Waals surface area contributed by atoms with Crippen LogP contribution in [0.3, 0.4) is 0 Å². The molecule has 2 atom stereocenters. The zero-order valence-electron chi connectivity index (χ0n) is 13.1. The largest absolute Gasteiger partial charge is 0.472 e. The Hall–Kier alpha value is -1.76. The minimum Gasteiger partial charge on any atom is -0.472 e. The number of pyridine rings is 1. The molecule has 0 aromatic carbocycles. The lowest BCUT2D eigenvalue weighted by atomic mass is 10.1. The first kappa shape index (κ1) is 17.6. The molecule has 0 unspecified atom stereocenters. The minimum atomic E-state index is -2.55. The predicted octanol–water partition coefficient (Wildman–Crippen LogP) is 2.80. The molecule has 23 heavy (non-hydrogen) atoms. The Morgan fingerprint density at radius 2 is 2.35 bits per heavy atom. The van der Waals surface area contributed by atoms with Crippen LogP contribution in [-0.2, 0) is 4.74 Å². The van der Waals surface area contributed by atoms with Crippen LogP contribution in [0.2, 0.25) is 0 Å². The summed E-state index contributed by atoms with van der Waals surface area (Å²) in [5, 5.41) is 2.89. The molecule has 1 aromatic heterocycles. The summed E-state index contributed by atoms with van der Waals surface area (Å²) in [6.07, 6.45) is 3.05. The van der Waals surface area contributed by atoms with Crippen molar-refractivity contribution in [2.75, 3.05) is 13.2 Å². The van der Waals surface area contributed by atoms with Crippen molar-refractivity contribution >= 4 is 5.91 Å². The Bertz CT molecular complexity index is 491. The summed E-state index contributed by atoms with van der Waals surface area (Å²) in [6.45, 7) is 2.07. The molecule has 0 saturated carbocycles. The molecule has 1 saturated heterocycles. The Morgan fingerprint density at radius 1 is 1.52 bits per heavy atom. The van der Waals surface area contributed by atoms with Gasteiger partial charge in [-0.05, 0) is 38.7 Å². The molecular formula is C16H22F2N2O3. The zero-order valence-corrected chi connectivity index (χ0v) is 13.1. The molecule has 2 heterocycles. The van der Waals surface area contributed by atoms with Crippen molar-refractivity contribution in [1.29, 1.82) is 0 Å². The van der Waals surface area contributed by atoms with Crippen LogP contribution in [0, 0.1) is 0 Å². The first-order valence-corrected chi connectivity index (χ1v) is 7.84. The summed E-state index contributed by atoms with van der Waals surface area (Å²) >= 11 is 0. The fraction of sp³-hybridized carbons (Fsp3) is 0.625. The van der Waals surface area contributed by atoms with E-state index in [1.54, 1.807) is 0 Å². The second kappa shape index (κ2) is 8.76. The van der Waals surface area contributed by atoms with Gasteiger partial charge in [0.15, 0.2) is 6.61 Å². The number of carbonyl (C=O) groups excluding carboxylic acids is 1. The van der Waals surface area contributed by atoms with Crippen molar-refractivity contribution < 1.29 is 23.0 Å². The van der Waals surface area contributed by atoms with Crippen molar-refractivity contribution in [3.63, 3.8) is 0 Å². The van der Waals surface area contributed by atoms with Crippen molar-refractivity contribution in [1.82, 2.24) is 10.3 Å². The van der Waals surface area contributed by atoms with E-state index in [0.29, 0.717) is 11.7 Å². The van der Waals surface area contributed by atoms with Gasteiger partial charge in [0.2, 0.25) is 5.88 Å². The lowest BCUT2D eigenvalue weighted by molar-refractivity contribution is 0.0794. The van der Waals surface area contributed by atoms with Gasteiger partial charge < -0.3 is 14.8 Å². The monoisotopic (exact) mass is 328 g/mol. The first-order chi connectivity index (χ1) is 11.0. The summed E-state index contributed by atoms with van der Waals surface area (Å²) in [5.41, 5.74) is 0.373. The number of amides is 1. The van der Waals surface area contributed by atoms with Gasteiger partial charge in [-0.1, -0.05) is 0 Å². The van der Waals surface area contributed by atoms with Gasteiger partial charge >= 0.3 is 0 Å². The van der Waals surface area contributed by atoms with Gasteiger partial charge in [-0.2, -0.15) is 0 Å². The van der Waals surface area contributed by atoms with Gasteiger partial charge in [-0.3, -0.25) is 4.79 Å². The van der Waals surface area contributed by atoms with Crippen LogP contribution in [-0.4, -0.2) is 42.7 Å². The molecule has 1 aliphatic rings. The molecule has 0 bridgehead atoms. The summed E-state index contributed by atoms with van der Waals surface area (Å²) in [4.78, 5) is 15.9. The number of ether oxygens (including phenoxy) is 2. The number of nitrogens with zero attached hydrogens (tertiary/aromatic N) is 1. The fourth-order valence-electron chi connectivity index (χ4n) is 2.44. The molecule has 2 rings (SSSR count). The maximum absolute atomic E-state index is 12.1. The highest BCUT2D eigenvalue weighted by atomic mass is 19.3.